The molecule has 3 N–H and O–H groups in total. The number of hydrogen-bond donors (Lipinski definition) is 3. The van der Waals surface area contributed by atoms with Gasteiger partial charge in [-0.05, 0) is 25.1 Å². The van der Waals surface area contributed by atoms with E-state index < -0.39 is 23.1 Å². The number of amides is 1. The molecule has 0 aromatic heterocycles. The summed E-state index contributed by atoms with van der Waals surface area (Å²) >= 11 is 0. The number of hydrogen-bond acceptors (Lipinski definition) is 3. The van der Waals surface area contributed by atoms with E-state index in [0.717, 1.165) is 12.1 Å². The Kier molecular flexibility index (Phi) is 3.58. The maximum atomic E-state index is 12.9. The average molecular weight is 256 g/mol. The van der Waals surface area contributed by atoms with Crippen molar-refractivity contribution in [3.63, 3.8) is 0 Å². The van der Waals surface area contributed by atoms with Crippen LogP contribution >= 0.6 is 0 Å². The predicted molar refractivity (Wildman–Crippen MR) is 61.1 cm³/mol. The van der Waals surface area contributed by atoms with Gasteiger partial charge in [-0.25, -0.2) is 8.78 Å². The van der Waals surface area contributed by atoms with Gasteiger partial charge in [0.05, 0.1) is 5.60 Å². The van der Waals surface area contributed by atoms with Crippen LogP contribution in [0.4, 0.5) is 8.78 Å². The minimum atomic E-state index is -0.985. The highest BCUT2D eigenvalue weighted by Crippen LogP contribution is 2.13. The molecule has 1 aliphatic heterocycles. The van der Waals surface area contributed by atoms with Crippen molar-refractivity contribution >= 4 is 5.91 Å². The lowest BCUT2D eigenvalue weighted by atomic mass is 10.0. The topological polar surface area (TPSA) is 61.4 Å². The van der Waals surface area contributed by atoms with Gasteiger partial charge in [-0.2, -0.15) is 0 Å². The quantitative estimate of drug-likeness (QED) is 0.734. The summed E-state index contributed by atoms with van der Waals surface area (Å²) in [4.78, 5) is 11.7. The van der Waals surface area contributed by atoms with Crippen LogP contribution in [0.3, 0.4) is 0 Å². The highest BCUT2D eigenvalue weighted by atomic mass is 19.1. The van der Waals surface area contributed by atoms with Crippen LogP contribution in [-0.4, -0.2) is 36.2 Å². The van der Waals surface area contributed by atoms with E-state index in [1.54, 1.807) is 0 Å². The number of carbonyl (C=O) groups is 1. The molecule has 4 nitrogen and oxygen atoms in total. The van der Waals surface area contributed by atoms with E-state index in [9.17, 15) is 18.7 Å². The van der Waals surface area contributed by atoms with Crippen LogP contribution in [-0.2, 0) is 0 Å². The fourth-order valence-corrected chi connectivity index (χ4v) is 1.91. The Bertz CT molecular complexity index is 439. The number of carbonyl (C=O) groups excluding carboxylic acids is 1. The van der Waals surface area contributed by atoms with Crippen LogP contribution in [0, 0.1) is 11.6 Å². The molecule has 1 aliphatic rings. The second-order valence-electron chi connectivity index (χ2n) is 4.49. The molecule has 1 heterocycles. The summed E-state index contributed by atoms with van der Waals surface area (Å²) in [5, 5.41) is 15.4. The monoisotopic (exact) mass is 256 g/mol. The van der Waals surface area contributed by atoms with Crippen LogP contribution in [0.2, 0.25) is 0 Å². The van der Waals surface area contributed by atoms with E-state index in [4.69, 9.17) is 0 Å². The van der Waals surface area contributed by atoms with Crippen molar-refractivity contribution in [1.82, 2.24) is 10.6 Å². The molecular formula is C12H14F2N2O2. The SMILES string of the molecule is O=C(NCC1(O)CCNC1)c1cc(F)cc(F)c1. The smallest absolute Gasteiger partial charge is 0.251 e. The number of benzene rings is 1. The van der Waals surface area contributed by atoms with E-state index >= 15 is 0 Å². The Morgan fingerprint density at radius 3 is 2.61 bits per heavy atom. The van der Waals surface area contributed by atoms with Gasteiger partial charge in [0.2, 0.25) is 0 Å². The summed E-state index contributed by atoms with van der Waals surface area (Å²) in [6, 6.07) is 2.61. The molecule has 0 saturated carbocycles. The van der Waals surface area contributed by atoms with E-state index in [2.05, 4.69) is 10.6 Å². The first-order valence-electron chi connectivity index (χ1n) is 5.66. The van der Waals surface area contributed by atoms with Crippen molar-refractivity contribution in [2.45, 2.75) is 12.0 Å². The molecule has 1 unspecified atom stereocenters. The minimum absolute atomic E-state index is 0.0525. The summed E-state index contributed by atoms with van der Waals surface area (Å²) in [6.07, 6.45) is 0.533. The number of halogens is 2. The molecule has 18 heavy (non-hydrogen) atoms. The van der Waals surface area contributed by atoms with Gasteiger partial charge in [0.25, 0.3) is 5.91 Å². The van der Waals surface area contributed by atoms with Crippen molar-refractivity contribution < 1.29 is 18.7 Å². The van der Waals surface area contributed by atoms with Gasteiger partial charge in [-0.3, -0.25) is 4.79 Å². The molecule has 1 fully saturated rings. The maximum absolute atomic E-state index is 12.9. The number of aliphatic hydroxyl groups is 1. The Morgan fingerprint density at radius 2 is 2.06 bits per heavy atom. The Hall–Kier alpha value is -1.53. The van der Waals surface area contributed by atoms with E-state index in [1.165, 1.54) is 0 Å². The zero-order valence-electron chi connectivity index (χ0n) is 9.67. The zero-order valence-corrected chi connectivity index (χ0v) is 9.67. The van der Waals surface area contributed by atoms with Crippen LogP contribution in [0.15, 0.2) is 18.2 Å². The zero-order chi connectivity index (χ0) is 13.2. The fraction of sp³-hybridized carbons (Fsp3) is 0.417. The van der Waals surface area contributed by atoms with Gasteiger partial charge in [0.1, 0.15) is 11.6 Å². The molecule has 0 aliphatic carbocycles. The standard InChI is InChI=1S/C12H14F2N2O2/c13-9-3-8(4-10(14)5-9)11(17)16-7-12(18)1-2-15-6-12/h3-5,15,18H,1-2,6-7H2,(H,16,17). The highest BCUT2D eigenvalue weighted by Gasteiger charge is 2.31. The Balaban J connectivity index is 1.99. The van der Waals surface area contributed by atoms with Gasteiger partial charge in [-0.15, -0.1) is 0 Å². The van der Waals surface area contributed by atoms with Crippen LogP contribution in [0.1, 0.15) is 16.8 Å². The average Bonchev–Trinajstić information content (AvgIpc) is 2.72. The molecule has 1 aromatic rings. The molecule has 2 rings (SSSR count). The summed E-state index contributed by atoms with van der Waals surface area (Å²) in [5.74, 6) is -2.21. The van der Waals surface area contributed by atoms with Gasteiger partial charge < -0.3 is 15.7 Å². The van der Waals surface area contributed by atoms with Crippen molar-refractivity contribution in [2.24, 2.45) is 0 Å². The molecule has 1 amide bonds. The van der Waals surface area contributed by atoms with Gasteiger partial charge in [0.15, 0.2) is 0 Å². The van der Waals surface area contributed by atoms with Crippen LogP contribution in [0.5, 0.6) is 0 Å². The largest absolute Gasteiger partial charge is 0.387 e. The molecule has 1 aromatic carbocycles. The summed E-state index contributed by atoms with van der Waals surface area (Å²) in [5.41, 5.74) is -1.08. The molecule has 98 valence electrons. The van der Waals surface area contributed by atoms with Crippen molar-refractivity contribution in [2.75, 3.05) is 19.6 Å². The normalized spacial score (nSPS) is 23.1. The minimum Gasteiger partial charge on any atom is -0.387 e. The van der Waals surface area contributed by atoms with Crippen molar-refractivity contribution in [3.05, 3.63) is 35.4 Å². The number of nitrogens with one attached hydrogen (secondary N) is 2. The molecule has 1 saturated heterocycles. The summed E-state index contributed by atoms with van der Waals surface area (Å²) < 4.78 is 25.9. The lowest BCUT2D eigenvalue weighted by molar-refractivity contribution is 0.0561. The lowest BCUT2D eigenvalue weighted by Crippen LogP contribution is -2.44. The number of rotatable bonds is 3. The number of β-amino-alcohol motifs (C(OH)–C–C–N with tert-alkyl or cyclic N) is 1. The second-order valence-corrected chi connectivity index (χ2v) is 4.49. The molecule has 1 atom stereocenters. The van der Waals surface area contributed by atoms with Gasteiger partial charge in [0, 0.05) is 24.7 Å². The van der Waals surface area contributed by atoms with Gasteiger partial charge >= 0.3 is 0 Å². The van der Waals surface area contributed by atoms with E-state index in [-0.39, 0.29) is 12.1 Å². The van der Waals surface area contributed by atoms with E-state index in [0.29, 0.717) is 25.6 Å². The molecule has 0 spiro atoms. The van der Waals surface area contributed by atoms with Crippen LogP contribution < -0.4 is 10.6 Å². The van der Waals surface area contributed by atoms with Crippen molar-refractivity contribution in [3.8, 4) is 0 Å². The molecule has 6 heteroatoms. The third-order valence-corrected chi connectivity index (χ3v) is 2.92. The maximum Gasteiger partial charge on any atom is 0.251 e. The Labute approximate surface area is 103 Å². The van der Waals surface area contributed by atoms with Crippen molar-refractivity contribution in [1.29, 1.82) is 0 Å². The summed E-state index contributed by atoms with van der Waals surface area (Å²) in [6.45, 7) is 1.13. The van der Waals surface area contributed by atoms with Gasteiger partial charge in [-0.1, -0.05) is 0 Å². The highest BCUT2D eigenvalue weighted by molar-refractivity contribution is 5.94. The molecule has 0 bridgehead atoms. The first kappa shape index (κ1) is 12.9. The Morgan fingerprint density at radius 1 is 1.39 bits per heavy atom. The first-order chi connectivity index (χ1) is 8.48. The molecule has 0 radical (unpaired) electrons. The third kappa shape index (κ3) is 3.02. The second kappa shape index (κ2) is 4.99. The predicted octanol–water partition coefficient (Wildman–Crippen LogP) is 0.419. The molecular weight excluding hydrogens is 242 g/mol. The third-order valence-electron chi connectivity index (χ3n) is 2.92. The van der Waals surface area contributed by atoms with E-state index in [1.807, 2.05) is 0 Å². The fourth-order valence-electron chi connectivity index (χ4n) is 1.91. The summed E-state index contributed by atoms with van der Waals surface area (Å²) in [7, 11) is 0. The van der Waals surface area contributed by atoms with Crippen LogP contribution in [0.25, 0.3) is 0 Å². The lowest BCUT2D eigenvalue weighted by Gasteiger charge is -2.21. The first-order valence-corrected chi connectivity index (χ1v) is 5.66.